The van der Waals surface area contributed by atoms with Crippen molar-refractivity contribution in [2.75, 3.05) is 36.8 Å². The van der Waals surface area contributed by atoms with E-state index in [1.54, 1.807) is 69.1 Å². The number of carbonyl (C=O) groups excluding carboxylic acids is 2. The van der Waals surface area contributed by atoms with Crippen LogP contribution in [-0.2, 0) is 21.2 Å². The summed E-state index contributed by atoms with van der Waals surface area (Å²) in [5.74, 6) is 0.419. The molecule has 0 aliphatic carbocycles. The molecule has 1 aliphatic rings. The van der Waals surface area contributed by atoms with E-state index in [0.717, 1.165) is 0 Å². The fourth-order valence-electron chi connectivity index (χ4n) is 4.74. The molecule has 3 aromatic rings. The molecule has 3 amide bonds. The van der Waals surface area contributed by atoms with Gasteiger partial charge in [-0.15, -0.1) is 0 Å². The molecule has 226 valence electrons. The lowest BCUT2D eigenvalue weighted by molar-refractivity contribution is -0.134. The Kier molecular flexibility index (Phi) is 9.42. The second-order valence-electron chi connectivity index (χ2n) is 10.6. The van der Waals surface area contributed by atoms with E-state index in [2.05, 4.69) is 15.2 Å². The van der Waals surface area contributed by atoms with Gasteiger partial charge in [-0.25, -0.2) is 13.2 Å². The maximum atomic E-state index is 13.5. The molecule has 0 bridgehead atoms. The van der Waals surface area contributed by atoms with Gasteiger partial charge in [0.25, 0.3) is 10.0 Å². The third-order valence-corrected chi connectivity index (χ3v) is 8.69. The van der Waals surface area contributed by atoms with Gasteiger partial charge in [-0.2, -0.15) is 0 Å². The summed E-state index contributed by atoms with van der Waals surface area (Å²) in [5, 5.41) is 16.6. The van der Waals surface area contributed by atoms with E-state index in [0.29, 0.717) is 28.5 Å². The van der Waals surface area contributed by atoms with Crippen LogP contribution in [0.25, 0.3) is 0 Å². The van der Waals surface area contributed by atoms with Crippen LogP contribution in [0.4, 0.5) is 16.2 Å². The van der Waals surface area contributed by atoms with Gasteiger partial charge < -0.3 is 29.5 Å². The van der Waals surface area contributed by atoms with Gasteiger partial charge in [-0.3, -0.25) is 9.52 Å². The molecule has 0 saturated carbocycles. The Morgan fingerprint density at radius 2 is 1.93 bits per heavy atom. The molecule has 3 atom stereocenters. The number of benzene rings is 2. The lowest BCUT2D eigenvalue weighted by atomic mass is 10.0. The van der Waals surface area contributed by atoms with Gasteiger partial charge in [-0.05, 0) is 51.1 Å². The lowest BCUT2D eigenvalue weighted by Gasteiger charge is -2.34. The summed E-state index contributed by atoms with van der Waals surface area (Å²) < 4.78 is 40.0. The van der Waals surface area contributed by atoms with Gasteiger partial charge in [-0.1, -0.05) is 30.3 Å². The number of sulfonamides is 1. The highest BCUT2D eigenvalue weighted by Crippen LogP contribution is 2.30. The summed E-state index contributed by atoms with van der Waals surface area (Å²) in [5.41, 5.74) is 1.81. The first kappa shape index (κ1) is 30.8. The molecule has 0 spiro atoms. The number of hydrogen-bond donors (Lipinski definition) is 3. The minimum Gasteiger partial charge on any atom is -0.488 e. The second-order valence-corrected chi connectivity index (χ2v) is 12.3. The van der Waals surface area contributed by atoms with Gasteiger partial charge in [0.2, 0.25) is 5.91 Å². The number of anilines is 2. The van der Waals surface area contributed by atoms with Gasteiger partial charge in [0.15, 0.2) is 5.76 Å². The number of likely N-dealkylation sites (N-methyl/N-ethyl adjacent to an activating group) is 1. The van der Waals surface area contributed by atoms with E-state index in [1.807, 2.05) is 6.92 Å². The van der Waals surface area contributed by atoms with E-state index in [9.17, 15) is 23.1 Å². The first-order chi connectivity index (χ1) is 19.9. The number of aliphatic hydroxyl groups excluding tert-OH is 1. The first-order valence-corrected chi connectivity index (χ1v) is 15.1. The molecule has 3 N–H and O–H groups in total. The van der Waals surface area contributed by atoms with Gasteiger partial charge in [0.05, 0.1) is 30.5 Å². The van der Waals surface area contributed by atoms with Crippen molar-refractivity contribution in [3.05, 3.63) is 65.5 Å². The van der Waals surface area contributed by atoms with Crippen LogP contribution in [0.3, 0.4) is 0 Å². The predicted octanol–water partition coefficient (Wildman–Crippen LogP) is 3.41. The molecule has 2 heterocycles. The third kappa shape index (κ3) is 7.02. The van der Waals surface area contributed by atoms with Gasteiger partial charge in [0.1, 0.15) is 23.2 Å². The van der Waals surface area contributed by atoms with Crippen molar-refractivity contribution in [2.24, 2.45) is 5.92 Å². The number of urea groups is 1. The molecule has 1 aliphatic heterocycles. The Balaban J connectivity index is 1.62. The average Bonchev–Trinajstić information content (AvgIpc) is 3.29. The Morgan fingerprint density at radius 1 is 1.21 bits per heavy atom. The molecular formula is C29H37N5O7S. The van der Waals surface area contributed by atoms with Crippen LogP contribution in [0.2, 0.25) is 0 Å². The van der Waals surface area contributed by atoms with Crippen molar-refractivity contribution in [3.63, 3.8) is 0 Å². The minimum atomic E-state index is -3.86. The first-order valence-electron chi connectivity index (χ1n) is 13.6. The molecule has 1 aromatic heterocycles. The molecule has 13 heteroatoms. The lowest BCUT2D eigenvalue weighted by Crippen LogP contribution is -2.48. The Hall–Kier alpha value is -4.10. The van der Waals surface area contributed by atoms with Crippen LogP contribution < -0.4 is 14.8 Å². The fourth-order valence-corrected chi connectivity index (χ4v) is 5.81. The molecule has 0 fully saturated rings. The Labute approximate surface area is 245 Å². The third-order valence-electron chi connectivity index (χ3n) is 7.29. The predicted molar refractivity (Wildman–Crippen MR) is 157 cm³/mol. The zero-order valence-electron chi connectivity index (χ0n) is 24.3. The summed E-state index contributed by atoms with van der Waals surface area (Å²) >= 11 is 0. The zero-order chi connectivity index (χ0) is 30.6. The van der Waals surface area contributed by atoms with Crippen molar-refractivity contribution in [2.45, 2.75) is 51.2 Å². The number of amides is 3. The number of ether oxygens (including phenoxy) is 1. The SMILES string of the molecule is Cc1noc(C)c1NC(=O)N(C)C[C@@H]1Oc2ccc(NS(=O)(=O)c3ccccc3)cc2CC(=O)N([C@@H](C)CO)C[C@H]1C. The van der Waals surface area contributed by atoms with Gasteiger partial charge >= 0.3 is 6.03 Å². The minimum absolute atomic E-state index is 0.0671. The van der Waals surface area contributed by atoms with Crippen molar-refractivity contribution in [1.29, 1.82) is 0 Å². The molecule has 0 radical (unpaired) electrons. The van der Waals surface area contributed by atoms with Crippen molar-refractivity contribution < 1.29 is 32.4 Å². The van der Waals surface area contributed by atoms with Crippen LogP contribution in [0.1, 0.15) is 30.9 Å². The van der Waals surface area contributed by atoms with E-state index in [1.165, 1.54) is 17.0 Å². The molecular weight excluding hydrogens is 562 g/mol. The molecule has 12 nitrogen and oxygen atoms in total. The summed E-state index contributed by atoms with van der Waals surface area (Å²) in [4.78, 5) is 29.7. The summed E-state index contributed by atoms with van der Waals surface area (Å²) in [7, 11) is -2.22. The number of aromatic nitrogens is 1. The quantitative estimate of drug-likeness (QED) is 0.356. The molecule has 42 heavy (non-hydrogen) atoms. The number of rotatable bonds is 8. The van der Waals surface area contributed by atoms with Crippen molar-refractivity contribution in [1.82, 2.24) is 15.0 Å². The Morgan fingerprint density at radius 3 is 2.57 bits per heavy atom. The van der Waals surface area contributed by atoms with Crippen molar-refractivity contribution in [3.8, 4) is 5.75 Å². The number of nitrogens with one attached hydrogen (secondary N) is 2. The zero-order valence-corrected chi connectivity index (χ0v) is 25.1. The van der Waals surface area contributed by atoms with Crippen LogP contribution in [0, 0.1) is 19.8 Å². The largest absolute Gasteiger partial charge is 0.488 e. The number of aliphatic hydroxyl groups is 1. The number of carbonyl (C=O) groups is 2. The molecule has 0 unspecified atom stereocenters. The smallest absolute Gasteiger partial charge is 0.321 e. The molecule has 4 rings (SSSR count). The highest BCUT2D eigenvalue weighted by atomic mass is 32.2. The fraction of sp³-hybridized carbons (Fsp3) is 0.414. The van der Waals surface area contributed by atoms with E-state index in [-0.39, 0.29) is 54.6 Å². The van der Waals surface area contributed by atoms with E-state index >= 15 is 0 Å². The summed E-state index contributed by atoms with van der Waals surface area (Å²) in [6.07, 6.45) is -0.613. The Bertz CT molecular complexity index is 1510. The summed E-state index contributed by atoms with van der Waals surface area (Å²) in [6, 6.07) is 11.9. The van der Waals surface area contributed by atoms with E-state index in [4.69, 9.17) is 9.26 Å². The maximum absolute atomic E-state index is 13.5. The number of hydrogen-bond acceptors (Lipinski definition) is 8. The van der Waals surface area contributed by atoms with Crippen LogP contribution in [0.5, 0.6) is 5.75 Å². The normalized spacial score (nSPS) is 18.1. The van der Waals surface area contributed by atoms with Crippen LogP contribution in [0.15, 0.2) is 57.9 Å². The number of aryl methyl sites for hydroxylation is 2. The van der Waals surface area contributed by atoms with Crippen molar-refractivity contribution >= 4 is 33.3 Å². The van der Waals surface area contributed by atoms with Gasteiger partial charge in [0, 0.05) is 30.8 Å². The topological polar surface area (TPSA) is 154 Å². The molecule has 0 saturated heterocycles. The molecule has 2 aromatic carbocycles. The summed E-state index contributed by atoms with van der Waals surface area (Å²) in [6.45, 7) is 7.34. The standard InChI is InChI=1S/C29H37N5O7S/c1-18-15-34(19(2)17-35)27(36)14-22-13-23(32-42(38,39)24-9-7-6-8-10-24)11-12-25(22)40-26(18)16-33(5)29(37)30-28-20(3)31-41-21(28)4/h6-13,18-19,26,32,35H,14-17H2,1-5H3,(H,30,37)/t18-,19+,26+/m1/s1. The number of fused-ring (bicyclic) bond motifs is 1. The van der Waals surface area contributed by atoms with Crippen LogP contribution >= 0.6 is 0 Å². The highest BCUT2D eigenvalue weighted by molar-refractivity contribution is 7.92. The monoisotopic (exact) mass is 599 g/mol. The highest BCUT2D eigenvalue weighted by Gasteiger charge is 2.32. The average molecular weight is 600 g/mol. The number of nitrogens with zero attached hydrogens (tertiary/aromatic N) is 3. The second kappa shape index (κ2) is 12.8. The van der Waals surface area contributed by atoms with Crippen LogP contribution in [-0.4, -0.2) is 79.3 Å². The van der Waals surface area contributed by atoms with E-state index < -0.39 is 22.2 Å². The maximum Gasteiger partial charge on any atom is 0.321 e.